The van der Waals surface area contributed by atoms with Gasteiger partial charge in [-0.3, -0.25) is 14.8 Å². The molecule has 0 unspecified atom stereocenters. The largest absolute Gasteiger partial charge is 0.351 e. The molecule has 2 aromatic heterocycles. The molecule has 4 rings (SSSR count). The molecular formula is C15H20N6O2. The smallest absolute Gasteiger partial charge is 0.292 e. The molecule has 1 aliphatic heterocycles. The van der Waals surface area contributed by atoms with Crippen molar-refractivity contribution in [2.45, 2.75) is 32.2 Å². The number of carbonyl (C=O) groups excluding carboxylic acids is 1. The minimum atomic E-state index is -0.0825. The van der Waals surface area contributed by atoms with Gasteiger partial charge < -0.3 is 9.42 Å². The van der Waals surface area contributed by atoms with E-state index in [1.165, 1.54) is 12.8 Å². The molecule has 2 aromatic rings. The lowest BCUT2D eigenvalue weighted by Crippen LogP contribution is -2.48. The van der Waals surface area contributed by atoms with Crippen LogP contribution in [0.4, 0.5) is 0 Å². The van der Waals surface area contributed by atoms with Gasteiger partial charge in [0.05, 0.1) is 12.2 Å². The number of aryl methyl sites for hydroxylation is 1. The summed E-state index contributed by atoms with van der Waals surface area (Å²) in [4.78, 5) is 21.0. The first-order chi connectivity index (χ1) is 11.2. The molecule has 0 radical (unpaired) electrons. The number of H-pyrrole nitrogens is 1. The van der Waals surface area contributed by atoms with Gasteiger partial charge in [0.25, 0.3) is 5.91 Å². The molecular weight excluding hydrogens is 296 g/mol. The molecule has 0 aromatic carbocycles. The highest BCUT2D eigenvalue weighted by Crippen LogP contribution is 2.37. The molecule has 122 valence electrons. The van der Waals surface area contributed by atoms with E-state index in [4.69, 9.17) is 4.52 Å². The van der Waals surface area contributed by atoms with Gasteiger partial charge in [-0.1, -0.05) is 5.16 Å². The number of hydrogen-bond acceptors (Lipinski definition) is 6. The zero-order valence-corrected chi connectivity index (χ0v) is 13.2. The Morgan fingerprint density at radius 2 is 2.13 bits per heavy atom. The number of nitrogens with one attached hydrogen (secondary N) is 1. The lowest BCUT2D eigenvalue weighted by Gasteiger charge is -2.33. The van der Waals surface area contributed by atoms with Crippen molar-refractivity contribution < 1.29 is 9.32 Å². The Balaban J connectivity index is 1.30. The molecule has 1 amide bonds. The molecule has 23 heavy (non-hydrogen) atoms. The zero-order chi connectivity index (χ0) is 15.8. The summed E-state index contributed by atoms with van der Waals surface area (Å²) in [5, 5.41) is 11.1. The van der Waals surface area contributed by atoms with Crippen molar-refractivity contribution in [3.63, 3.8) is 0 Å². The third kappa shape index (κ3) is 3.12. The third-order valence-corrected chi connectivity index (χ3v) is 4.36. The van der Waals surface area contributed by atoms with Crippen molar-refractivity contribution in [1.29, 1.82) is 0 Å². The standard InChI is InChI=1S/C15H20N6O2/c1-10-8-12(23-19-10)15(22)21-6-4-20(5-7-21)9-13-16-14(18-17-13)11-2-3-11/h8,11H,2-7,9H2,1H3,(H,16,17,18). The molecule has 1 saturated heterocycles. The van der Waals surface area contributed by atoms with E-state index in [-0.39, 0.29) is 5.91 Å². The summed E-state index contributed by atoms with van der Waals surface area (Å²) in [6.45, 7) is 5.57. The highest BCUT2D eigenvalue weighted by Gasteiger charge is 2.29. The molecule has 2 fully saturated rings. The second kappa shape index (κ2) is 5.77. The van der Waals surface area contributed by atoms with Crippen LogP contribution >= 0.6 is 0 Å². The summed E-state index contributed by atoms with van der Waals surface area (Å²) in [7, 11) is 0. The van der Waals surface area contributed by atoms with Gasteiger partial charge in [0.2, 0.25) is 5.76 Å². The number of hydrogen-bond donors (Lipinski definition) is 1. The third-order valence-electron chi connectivity index (χ3n) is 4.36. The van der Waals surface area contributed by atoms with E-state index in [1.54, 1.807) is 6.07 Å². The van der Waals surface area contributed by atoms with Crippen LogP contribution in [0.15, 0.2) is 10.6 Å². The van der Waals surface area contributed by atoms with Crippen LogP contribution in [0.1, 0.15) is 46.7 Å². The maximum absolute atomic E-state index is 12.3. The van der Waals surface area contributed by atoms with Crippen LogP contribution in [0.5, 0.6) is 0 Å². The van der Waals surface area contributed by atoms with Gasteiger partial charge in [-0.25, -0.2) is 4.98 Å². The molecule has 0 spiro atoms. The lowest BCUT2D eigenvalue weighted by atomic mass is 10.2. The van der Waals surface area contributed by atoms with Crippen LogP contribution < -0.4 is 0 Å². The molecule has 1 N–H and O–H groups in total. The highest BCUT2D eigenvalue weighted by atomic mass is 16.5. The zero-order valence-electron chi connectivity index (χ0n) is 13.2. The van der Waals surface area contributed by atoms with Crippen molar-refractivity contribution in [2.24, 2.45) is 0 Å². The second-order valence-electron chi connectivity index (χ2n) is 6.32. The van der Waals surface area contributed by atoms with Crippen molar-refractivity contribution >= 4 is 5.91 Å². The fourth-order valence-corrected chi connectivity index (χ4v) is 2.85. The van der Waals surface area contributed by atoms with Crippen LogP contribution in [0.3, 0.4) is 0 Å². The molecule has 8 nitrogen and oxygen atoms in total. The number of aromatic nitrogens is 4. The summed E-state index contributed by atoms with van der Waals surface area (Å²) >= 11 is 0. The summed E-state index contributed by atoms with van der Waals surface area (Å²) in [5.74, 6) is 2.67. The van der Waals surface area contributed by atoms with E-state index >= 15 is 0 Å². The average Bonchev–Trinajstić information content (AvgIpc) is 3.16. The molecule has 3 heterocycles. The van der Waals surface area contributed by atoms with Gasteiger partial charge in [-0.2, -0.15) is 5.10 Å². The molecule has 0 atom stereocenters. The molecule has 0 bridgehead atoms. The summed E-state index contributed by atoms with van der Waals surface area (Å²) < 4.78 is 5.05. The summed E-state index contributed by atoms with van der Waals surface area (Å²) in [5.41, 5.74) is 0.726. The van der Waals surface area contributed by atoms with Gasteiger partial charge in [0, 0.05) is 38.2 Å². The Bertz CT molecular complexity index is 696. The first-order valence-electron chi connectivity index (χ1n) is 8.05. The van der Waals surface area contributed by atoms with E-state index in [2.05, 4.69) is 25.2 Å². The molecule has 8 heteroatoms. The fourth-order valence-electron chi connectivity index (χ4n) is 2.85. The van der Waals surface area contributed by atoms with Crippen LogP contribution in [0.2, 0.25) is 0 Å². The Kier molecular flexibility index (Phi) is 3.60. The van der Waals surface area contributed by atoms with Crippen molar-refractivity contribution in [3.05, 3.63) is 29.2 Å². The Morgan fingerprint density at radius 1 is 1.35 bits per heavy atom. The number of rotatable bonds is 4. The minimum absolute atomic E-state index is 0.0825. The van der Waals surface area contributed by atoms with E-state index in [9.17, 15) is 4.79 Å². The van der Waals surface area contributed by atoms with Gasteiger partial charge in [-0.05, 0) is 19.8 Å². The van der Waals surface area contributed by atoms with Crippen LogP contribution in [-0.2, 0) is 6.54 Å². The normalized spacial score (nSPS) is 19.3. The van der Waals surface area contributed by atoms with Crippen molar-refractivity contribution in [2.75, 3.05) is 26.2 Å². The van der Waals surface area contributed by atoms with Crippen molar-refractivity contribution in [1.82, 2.24) is 30.1 Å². The summed E-state index contributed by atoms with van der Waals surface area (Å²) in [6, 6.07) is 1.68. The van der Waals surface area contributed by atoms with Crippen LogP contribution in [0.25, 0.3) is 0 Å². The first kappa shape index (κ1) is 14.4. The minimum Gasteiger partial charge on any atom is -0.351 e. The highest BCUT2D eigenvalue weighted by molar-refractivity contribution is 5.91. The predicted molar refractivity (Wildman–Crippen MR) is 80.8 cm³/mol. The lowest BCUT2D eigenvalue weighted by molar-refractivity contribution is 0.0586. The summed E-state index contributed by atoms with van der Waals surface area (Å²) in [6.07, 6.45) is 2.42. The first-order valence-corrected chi connectivity index (χ1v) is 8.05. The molecule has 1 aliphatic carbocycles. The predicted octanol–water partition coefficient (Wildman–Crippen LogP) is 0.937. The Hall–Kier alpha value is -2.22. The average molecular weight is 316 g/mol. The monoisotopic (exact) mass is 316 g/mol. The number of amides is 1. The van der Waals surface area contributed by atoms with Gasteiger partial charge >= 0.3 is 0 Å². The van der Waals surface area contributed by atoms with Crippen LogP contribution in [0, 0.1) is 6.92 Å². The van der Waals surface area contributed by atoms with Gasteiger partial charge in [0.15, 0.2) is 5.82 Å². The maximum Gasteiger partial charge on any atom is 0.292 e. The number of aromatic amines is 1. The van der Waals surface area contributed by atoms with Gasteiger partial charge in [-0.15, -0.1) is 0 Å². The molecule has 1 saturated carbocycles. The second-order valence-corrected chi connectivity index (χ2v) is 6.32. The SMILES string of the molecule is Cc1cc(C(=O)N2CCN(Cc3nc(C4CC4)n[nH]3)CC2)on1. The quantitative estimate of drug-likeness (QED) is 0.902. The topological polar surface area (TPSA) is 91.2 Å². The number of nitrogens with zero attached hydrogens (tertiary/aromatic N) is 5. The number of piperazine rings is 1. The fraction of sp³-hybridized carbons (Fsp3) is 0.600. The van der Waals surface area contributed by atoms with E-state index < -0.39 is 0 Å². The van der Waals surface area contributed by atoms with Crippen LogP contribution in [-0.4, -0.2) is 62.2 Å². The van der Waals surface area contributed by atoms with E-state index in [1.807, 2.05) is 11.8 Å². The van der Waals surface area contributed by atoms with Gasteiger partial charge in [0.1, 0.15) is 5.82 Å². The number of carbonyl (C=O) groups is 1. The van der Waals surface area contributed by atoms with E-state index in [0.29, 0.717) is 24.8 Å². The maximum atomic E-state index is 12.3. The van der Waals surface area contributed by atoms with Crippen molar-refractivity contribution in [3.8, 4) is 0 Å². The molecule has 2 aliphatic rings. The Labute approximate surface area is 133 Å². The Morgan fingerprint density at radius 3 is 2.78 bits per heavy atom. The van der Waals surface area contributed by atoms with E-state index in [0.717, 1.165) is 37.0 Å².